The average molecular weight is 316 g/mol. The molecule has 20 heavy (non-hydrogen) atoms. The molecule has 0 heterocycles. The molecule has 0 saturated heterocycles. The van der Waals surface area contributed by atoms with E-state index >= 15 is 0 Å². The van der Waals surface area contributed by atoms with Crippen molar-refractivity contribution < 1.29 is 9.90 Å². The minimum Gasteiger partial charge on any atom is -0.389 e. The lowest BCUT2D eigenvalue weighted by Crippen LogP contribution is -2.41. The number of aliphatic hydroxyl groups is 1. The summed E-state index contributed by atoms with van der Waals surface area (Å²) in [6, 6.07) is 4.89. The number of carbonyl (C=O) groups excluding carboxylic acids is 1. The van der Waals surface area contributed by atoms with E-state index in [1.807, 2.05) is 11.9 Å². The molecule has 0 amide bonds. The molecule has 0 radical (unpaired) electrons. The highest BCUT2D eigenvalue weighted by atomic mass is 35.5. The summed E-state index contributed by atoms with van der Waals surface area (Å²) in [6.07, 6.45) is 3.76. The Hall–Kier alpha value is -0.610. The molecule has 1 saturated carbocycles. The SMILES string of the molecule is CN(CC(=O)c1ccc(Cl)c(Cl)c1)CC1(O)CCCC1. The second-order valence-corrected chi connectivity index (χ2v) is 6.47. The van der Waals surface area contributed by atoms with Crippen LogP contribution in [-0.4, -0.2) is 41.5 Å². The lowest BCUT2D eigenvalue weighted by atomic mass is 10.0. The van der Waals surface area contributed by atoms with Gasteiger partial charge in [-0.2, -0.15) is 0 Å². The molecule has 1 aliphatic rings. The van der Waals surface area contributed by atoms with Gasteiger partial charge in [0.2, 0.25) is 0 Å². The zero-order valence-electron chi connectivity index (χ0n) is 11.5. The number of carbonyl (C=O) groups is 1. The Labute approximate surface area is 129 Å². The maximum absolute atomic E-state index is 12.2. The number of hydrogen-bond donors (Lipinski definition) is 1. The van der Waals surface area contributed by atoms with Crippen LogP contribution in [0.5, 0.6) is 0 Å². The van der Waals surface area contributed by atoms with Crippen LogP contribution in [0, 0.1) is 0 Å². The fourth-order valence-electron chi connectivity index (χ4n) is 2.76. The van der Waals surface area contributed by atoms with Crippen molar-refractivity contribution in [2.24, 2.45) is 0 Å². The van der Waals surface area contributed by atoms with Gasteiger partial charge in [-0.25, -0.2) is 0 Å². The molecule has 0 spiro atoms. The summed E-state index contributed by atoms with van der Waals surface area (Å²) >= 11 is 11.8. The van der Waals surface area contributed by atoms with Gasteiger partial charge in [-0.1, -0.05) is 36.0 Å². The molecule has 1 aliphatic carbocycles. The zero-order chi connectivity index (χ0) is 14.8. The van der Waals surface area contributed by atoms with E-state index in [0.29, 0.717) is 22.2 Å². The Balaban J connectivity index is 1.94. The van der Waals surface area contributed by atoms with Crippen molar-refractivity contribution in [1.29, 1.82) is 0 Å². The summed E-state index contributed by atoms with van der Waals surface area (Å²) in [4.78, 5) is 14.0. The summed E-state index contributed by atoms with van der Waals surface area (Å²) in [7, 11) is 1.85. The van der Waals surface area contributed by atoms with Crippen LogP contribution in [0.15, 0.2) is 18.2 Å². The number of rotatable bonds is 5. The highest BCUT2D eigenvalue weighted by Crippen LogP contribution is 2.30. The van der Waals surface area contributed by atoms with E-state index in [1.54, 1.807) is 18.2 Å². The van der Waals surface area contributed by atoms with Crippen LogP contribution in [0.4, 0.5) is 0 Å². The second-order valence-electron chi connectivity index (χ2n) is 5.66. The molecule has 5 heteroatoms. The van der Waals surface area contributed by atoms with Gasteiger partial charge in [0.05, 0.1) is 22.2 Å². The summed E-state index contributed by atoms with van der Waals surface area (Å²) in [5, 5.41) is 11.2. The summed E-state index contributed by atoms with van der Waals surface area (Å²) < 4.78 is 0. The first-order chi connectivity index (χ1) is 9.39. The molecule has 0 bridgehead atoms. The topological polar surface area (TPSA) is 40.5 Å². The summed E-state index contributed by atoms with van der Waals surface area (Å²) in [5.41, 5.74) is -0.0863. The molecule has 3 nitrogen and oxygen atoms in total. The molecule has 1 aromatic carbocycles. The maximum Gasteiger partial charge on any atom is 0.176 e. The second kappa shape index (κ2) is 6.44. The van der Waals surface area contributed by atoms with E-state index in [-0.39, 0.29) is 12.3 Å². The van der Waals surface area contributed by atoms with Crippen LogP contribution in [0.25, 0.3) is 0 Å². The standard InChI is InChI=1S/C15H19Cl2NO2/c1-18(10-15(20)6-2-3-7-15)9-14(19)11-4-5-12(16)13(17)8-11/h4-5,8,20H,2-3,6-7,9-10H2,1H3. The minimum absolute atomic E-state index is 0.0207. The van der Waals surface area contributed by atoms with E-state index in [1.165, 1.54) is 0 Å². The molecule has 0 aromatic heterocycles. The van der Waals surface area contributed by atoms with Crippen molar-refractivity contribution in [1.82, 2.24) is 4.90 Å². The molecular weight excluding hydrogens is 297 g/mol. The predicted octanol–water partition coefficient (Wildman–Crippen LogP) is 3.41. The Morgan fingerprint density at radius 1 is 1.30 bits per heavy atom. The molecule has 1 N–H and O–H groups in total. The molecule has 1 fully saturated rings. The predicted molar refractivity (Wildman–Crippen MR) is 81.7 cm³/mol. The van der Waals surface area contributed by atoms with E-state index in [9.17, 15) is 9.90 Å². The third-order valence-electron chi connectivity index (χ3n) is 3.75. The van der Waals surface area contributed by atoms with Crippen molar-refractivity contribution >= 4 is 29.0 Å². The van der Waals surface area contributed by atoms with Crippen LogP contribution in [0.2, 0.25) is 10.0 Å². The number of Topliss-reactive ketones (excluding diaryl/α,β-unsaturated/α-hetero) is 1. The highest BCUT2D eigenvalue weighted by Gasteiger charge is 2.32. The fourth-order valence-corrected chi connectivity index (χ4v) is 3.05. The van der Waals surface area contributed by atoms with Gasteiger partial charge in [-0.3, -0.25) is 9.69 Å². The summed E-state index contributed by atoms with van der Waals surface area (Å²) in [6.45, 7) is 0.792. The zero-order valence-corrected chi connectivity index (χ0v) is 13.0. The number of hydrogen-bond acceptors (Lipinski definition) is 3. The van der Waals surface area contributed by atoms with Crippen molar-refractivity contribution in [2.75, 3.05) is 20.1 Å². The number of halogens is 2. The molecule has 0 atom stereocenters. The van der Waals surface area contributed by atoms with E-state index in [4.69, 9.17) is 23.2 Å². The third-order valence-corrected chi connectivity index (χ3v) is 4.49. The van der Waals surface area contributed by atoms with Gasteiger partial charge in [0.25, 0.3) is 0 Å². The average Bonchev–Trinajstić information content (AvgIpc) is 2.78. The number of ketones is 1. The van der Waals surface area contributed by atoms with Gasteiger partial charge in [-0.15, -0.1) is 0 Å². The third kappa shape index (κ3) is 3.95. The molecule has 110 valence electrons. The van der Waals surface area contributed by atoms with Gasteiger partial charge in [0, 0.05) is 12.1 Å². The molecule has 2 rings (SSSR count). The smallest absolute Gasteiger partial charge is 0.176 e. The fraction of sp³-hybridized carbons (Fsp3) is 0.533. The van der Waals surface area contributed by atoms with Crippen molar-refractivity contribution in [3.8, 4) is 0 Å². The number of likely N-dealkylation sites (N-methyl/N-ethyl adjacent to an activating group) is 1. The lowest BCUT2D eigenvalue weighted by molar-refractivity contribution is 0.0172. The van der Waals surface area contributed by atoms with Gasteiger partial charge in [-0.05, 0) is 38.1 Å². The normalized spacial score (nSPS) is 17.6. The molecule has 0 unspecified atom stereocenters. The van der Waals surface area contributed by atoms with Crippen molar-refractivity contribution in [3.05, 3.63) is 33.8 Å². The Morgan fingerprint density at radius 2 is 1.95 bits per heavy atom. The lowest BCUT2D eigenvalue weighted by Gasteiger charge is -2.28. The van der Waals surface area contributed by atoms with E-state index < -0.39 is 5.60 Å². The van der Waals surface area contributed by atoms with Crippen molar-refractivity contribution in [3.63, 3.8) is 0 Å². The molecular formula is C15H19Cl2NO2. The van der Waals surface area contributed by atoms with Crippen LogP contribution in [0.1, 0.15) is 36.0 Å². The Bertz CT molecular complexity index is 499. The first-order valence-electron chi connectivity index (χ1n) is 6.79. The van der Waals surface area contributed by atoms with Gasteiger partial charge < -0.3 is 5.11 Å². The maximum atomic E-state index is 12.2. The van der Waals surface area contributed by atoms with Crippen LogP contribution in [-0.2, 0) is 0 Å². The number of nitrogens with zero attached hydrogens (tertiary/aromatic N) is 1. The van der Waals surface area contributed by atoms with Crippen LogP contribution in [0.3, 0.4) is 0 Å². The van der Waals surface area contributed by atoms with Crippen molar-refractivity contribution in [2.45, 2.75) is 31.3 Å². The van der Waals surface area contributed by atoms with Crippen LogP contribution >= 0.6 is 23.2 Å². The minimum atomic E-state index is -0.632. The van der Waals surface area contributed by atoms with Gasteiger partial charge in [0.15, 0.2) is 5.78 Å². The van der Waals surface area contributed by atoms with Crippen LogP contribution < -0.4 is 0 Å². The number of benzene rings is 1. The first-order valence-corrected chi connectivity index (χ1v) is 7.54. The first kappa shape index (κ1) is 15.8. The Morgan fingerprint density at radius 3 is 2.55 bits per heavy atom. The monoisotopic (exact) mass is 315 g/mol. The molecule has 1 aromatic rings. The molecule has 0 aliphatic heterocycles. The van der Waals surface area contributed by atoms with E-state index in [2.05, 4.69) is 0 Å². The largest absolute Gasteiger partial charge is 0.389 e. The quantitative estimate of drug-likeness (QED) is 0.846. The van der Waals surface area contributed by atoms with Gasteiger partial charge >= 0.3 is 0 Å². The highest BCUT2D eigenvalue weighted by molar-refractivity contribution is 6.42. The van der Waals surface area contributed by atoms with Gasteiger partial charge in [0.1, 0.15) is 0 Å². The Kier molecular flexibility index (Phi) is 5.08. The van der Waals surface area contributed by atoms with E-state index in [0.717, 1.165) is 25.7 Å². The summed E-state index contributed by atoms with van der Waals surface area (Å²) in [5.74, 6) is -0.0207.